The highest BCUT2D eigenvalue weighted by atomic mass is 16.7. The Morgan fingerprint density at radius 2 is 1.42 bits per heavy atom. The van der Waals surface area contributed by atoms with Crippen molar-refractivity contribution in [1.82, 2.24) is 0 Å². The summed E-state index contributed by atoms with van der Waals surface area (Å²) in [4.78, 5) is 0. The van der Waals surface area contributed by atoms with Crippen LogP contribution in [0.25, 0.3) is 0 Å². The Hall–Kier alpha value is -1.14. The van der Waals surface area contributed by atoms with E-state index in [0.29, 0.717) is 31.7 Å². The van der Waals surface area contributed by atoms with E-state index in [0.717, 1.165) is 37.4 Å². The third-order valence-corrected chi connectivity index (χ3v) is 4.97. The van der Waals surface area contributed by atoms with Crippen molar-refractivity contribution < 1.29 is 23.7 Å². The van der Waals surface area contributed by atoms with E-state index in [9.17, 15) is 0 Å². The van der Waals surface area contributed by atoms with Gasteiger partial charge in [-0.25, -0.2) is 0 Å². The topological polar surface area (TPSA) is 46.2 Å². The lowest BCUT2D eigenvalue weighted by atomic mass is 10.0. The molecule has 0 amide bonds. The number of hydrogen-bond donors (Lipinski definition) is 0. The first-order valence-corrected chi connectivity index (χ1v) is 9.97. The van der Waals surface area contributed by atoms with Crippen molar-refractivity contribution in [3.63, 3.8) is 0 Å². The minimum Gasteiger partial charge on any atom is -0.494 e. The van der Waals surface area contributed by atoms with Crippen LogP contribution in [0.1, 0.15) is 51.4 Å². The van der Waals surface area contributed by atoms with Crippen LogP contribution >= 0.6 is 0 Å². The molecule has 0 N–H and O–H groups in total. The quantitative estimate of drug-likeness (QED) is 0.687. The molecule has 146 valence electrons. The Morgan fingerprint density at radius 1 is 0.808 bits per heavy atom. The molecule has 1 aromatic carbocycles. The average molecular weight is 364 g/mol. The Bertz CT molecular complexity index is 502. The lowest BCUT2D eigenvalue weighted by Gasteiger charge is -2.32. The van der Waals surface area contributed by atoms with Gasteiger partial charge in [0.1, 0.15) is 5.75 Å². The van der Waals surface area contributed by atoms with Crippen molar-refractivity contribution in [2.75, 3.05) is 33.0 Å². The molecule has 0 radical (unpaired) electrons. The highest BCUT2D eigenvalue weighted by Gasteiger charge is 2.26. The molecule has 2 fully saturated rings. The molecule has 0 aliphatic carbocycles. The van der Waals surface area contributed by atoms with Crippen LogP contribution in [0.2, 0.25) is 0 Å². The highest BCUT2D eigenvalue weighted by Crippen LogP contribution is 2.29. The lowest BCUT2D eigenvalue weighted by Crippen LogP contribution is -2.33. The van der Waals surface area contributed by atoms with Crippen LogP contribution in [0.4, 0.5) is 0 Å². The van der Waals surface area contributed by atoms with Gasteiger partial charge in [-0.15, -0.1) is 0 Å². The average Bonchev–Trinajstić information content (AvgIpc) is 2.69. The van der Waals surface area contributed by atoms with Gasteiger partial charge in [-0.1, -0.05) is 25.5 Å². The minimum absolute atomic E-state index is 0.0630. The summed E-state index contributed by atoms with van der Waals surface area (Å²) in [6.45, 7) is 7.94. The predicted molar refractivity (Wildman–Crippen MR) is 99.1 cm³/mol. The number of benzene rings is 1. The summed E-state index contributed by atoms with van der Waals surface area (Å²) in [5, 5.41) is 0. The first kappa shape index (κ1) is 19.6. The molecule has 0 unspecified atom stereocenters. The molecule has 3 rings (SSSR count). The predicted octanol–water partition coefficient (Wildman–Crippen LogP) is 4.32. The molecule has 0 bridgehead atoms. The molecule has 2 heterocycles. The van der Waals surface area contributed by atoms with Gasteiger partial charge in [0.05, 0.1) is 33.0 Å². The third kappa shape index (κ3) is 5.68. The van der Waals surface area contributed by atoms with Gasteiger partial charge in [-0.05, 0) is 38.3 Å². The second-order valence-electron chi connectivity index (χ2n) is 7.19. The Labute approximate surface area is 156 Å². The van der Waals surface area contributed by atoms with E-state index < -0.39 is 0 Å². The van der Waals surface area contributed by atoms with Crippen molar-refractivity contribution in [3.05, 3.63) is 29.8 Å². The molecule has 2 saturated heterocycles. The fourth-order valence-corrected chi connectivity index (χ4v) is 3.49. The third-order valence-electron chi connectivity index (χ3n) is 4.97. The van der Waals surface area contributed by atoms with Gasteiger partial charge in [0, 0.05) is 17.4 Å². The standard InChI is InChI=1S/C21H32O5/c1-3-5-16-12-23-20(24-13-16)11-6-17-14-25-21(26-15-17)18-7-9-19(10-8-18)22-4-2/h7-10,16-17,20-21H,3-6,11-15H2,1-2H3. The Morgan fingerprint density at radius 3 is 2.04 bits per heavy atom. The first-order valence-electron chi connectivity index (χ1n) is 9.97. The maximum Gasteiger partial charge on any atom is 0.183 e. The van der Waals surface area contributed by atoms with Gasteiger partial charge in [-0.3, -0.25) is 0 Å². The Balaban J connectivity index is 1.35. The second kappa shape index (κ2) is 10.3. The summed E-state index contributed by atoms with van der Waals surface area (Å²) < 4.78 is 29.0. The molecule has 0 spiro atoms. The molecular formula is C21H32O5. The van der Waals surface area contributed by atoms with E-state index in [2.05, 4.69) is 6.92 Å². The van der Waals surface area contributed by atoms with Crippen LogP contribution in [-0.2, 0) is 18.9 Å². The van der Waals surface area contributed by atoms with Crippen molar-refractivity contribution in [2.45, 2.75) is 52.1 Å². The zero-order valence-electron chi connectivity index (χ0n) is 16.0. The molecule has 1 aromatic rings. The smallest absolute Gasteiger partial charge is 0.183 e. The van der Waals surface area contributed by atoms with Gasteiger partial charge >= 0.3 is 0 Å². The van der Waals surface area contributed by atoms with Gasteiger partial charge in [0.25, 0.3) is 0 Å². The normalized spacial score (nSPS) is 29.5. The van der Waals surface area contributed by atoms with Crippen molar-refractivity contribution in [2.24, 2.45) is 11.8 Å². The van der Waals surface area contributed by atoms with E-state index in [1.807, 2.05) is 31.2 Å². The molecular weight excluding hydrogens is 332 g/mol. The van der Waals surface area contributed by atoms with Crippen molar-refractivity contribution >= 4 is 0 Å². The van der Waals surface area contributed by atoms with Crippen LogP contribution in [0.3, 0.4) is 0 Å². The van der Waals surface area contributed by atoms with Gasteiger partial charge < -0.3 is 23.7 Å². The number of hydrogen-bond acceptors (Lipinski definition) is 5. The number of rotatable bonds is 8. The largest absolute Gasteiger partial charge is 0.494 e. The molecule has 0 aromatic heterocycles. The lowest BCUT2D eigenvalue weighted by molar-refractivity contribution is -0.220. The molecule has 0 atom stereocenters. The van der Waals surface area contributed by atoms with Gasteiger partial charge in [-0.2, -0.15) is 0 Å². The van der Waals surface area contributed by atoms with Gasteiger partial charge in [0.2, 0.25) is 0 Å². The Kier molecular flexibility index (Phi) is 7.74. The van der Waals surface area contributed by atoms with Crippen LogP contribution in [0.5, 0.6) is 5.75 Å². The van der Waals surface area contributed by atoms with E-state index >= 15 is 0 Å². The monoisotopic (exact) mass is 364 g/mol. The number of ether oxygens (including phenoxy) is 5. The molecule has 2 aliphatic rings. The fourth-order valence-electron chi connectivity index (χ4n) is 3.49. The highest BCUT2D eigenvalue weighted by molar-refractivity contribution is 5.28. The van der Waals surface area contributed by atoms with Crippen LogP contribution in [-0.4, -0.2) is 39.3 Å². The summed E-state index contributed by atoms with van der Waals surface area (Å²) in [5.41, 5.74) is 1.04. The molecule has 0 saturated carbocycles. The van der Waals surface area contributed by atoms with Crippen LogP contribution in [0, 0.1) is 11.8 Å². The maximum atomic E-state index is 5.92. The molecule has 5 nitrogen and oxygen atoms in total. The van der Waals surface area contributed by atoms with E-state index in [4.69, 9.17) is 23.7 Å². The summed E-state index contributed by atoms with van der Waals surface area (Å²) in [7, 11) is 0. The van der Waals surface area contributed by atoms with Crippen LogP contribution in [0.15, 0.2) is 24.3 Å². The summed E-state index contributed by atoms with van der Waals surface area (Å²) in [6.07, 6.45) is 3.94. The molecule has 2 aliphatic heterocycles. The fraction of sp³-hybridized carbons (Fsp3) is 0.714. The van der Waals surface area contributed by atoms with Gasteiger partial charge in [0.15, 0.2) is 12.6 Å². The zero-order chi connectivity index (χ0) is 18.2. The minimum atomic E-state index is -0.279. The summed E-state index contributed by atoms with van der Waals surface area (Å²) >= 11 is 0. The summed E-state index contributed by atoms with van der Waals surface area (Å²) in [5.74, 6) is 1.83. The molecule has 5 heteroatoms. The first-order chi connectivity index (χ1) is 12.8. The summed E-state index contributed by atoms with van der Waals surface area (Å²) in [6, 6.07) is 7.93. The van der Waals surface area contributed by atoms with E-state index in [1.165, 1.54) is 12.8 Å². The van der Waals surface area contributed by atoms with E-state index in [-0.39, 0.29) is 12.6 Å². The van der Waals surface area contributed by atoms with E-state index in [1.54, 1.807) is 0 Å². The SMILES string of the molecule is CCCC1COC(CCC2COC(c3ccc(OCC)cc3)OC2)OC1. The molecule has 26 heavy (non-hydrogen) atoms. The van der Waals surface area contributed by atoms with Crippen LogP contribution < -0.4 is 4.74 Å². The van der Waals surface area contributed by atoms with Crippen molar-refractivity contribution in [1.29, 1.82) is 0 Å². The second-order valence-corrected chi connectivity index (χ2v) is 7.19. The zero-order valence-corrected chi connectivity index (χ0v) is 16.0. The van der Waals surface area contributed by atoms with Crippen molar-refractivity contribution in [3.8, 4) is 5.75 Å². The maximum absolute atomic E-state index is 5.92.